The summed E-state index contributed by atoms with van der Waals surface area (Å²) in [5.41, 5.74) is 5.40. The second-order valence-electron chi connectivity index (χ2n) is 7.20. The van der Waals surface area contributed by atoms with Crippen LogP contribution in [0.5, 0.6) is 0 Å². The van der Waals surface area contributed by atoms with E-state index in [1.54, 1.807) is 13.8 Å². The van der Waals surface area contributed by atoms with E-state index in [4.69, 9.17) is 10.8 Å². The van der Waals surface area contributed by atoms with Crippen LogP contribution in [0.3, 0.4) is 0 Å². The van der Waals surface area contributed by atoms with Gasteiger partial charge >= 0.3 is 11.9 Å². The molecule has 0 aliphatic carbocycles. The molecule has 172 valence electrons. The number of aliphatic hydroxyl groups is 2. The first-order valence-electron chi connectivity index (χ1n) is 9.20. The van der Waals surface area contributed by atoms with E-state index in [0.717, 1.165) is 6.92 Å². The number of rotatable bonds is 13. The molecule has 0 heterocycles. The Hall–Kier alpha value is -2.77. The van der Waals surface area contributed by atoms with Gasteiger partial charge in [0.2, 0.25) is 17.7 Å². The molecule has 30 heavy (non-hydrogen) atoms. The van der Waals surface area contributed by atoms with Gasteiger partial charge in [-0.15, -0.1) is 0 Å². The van der Waals surface area contributed by atoms with Gasteiger partial charge in [0.15, 0.2) is 0 Å². The van der Waals surface area contributed by atoms with Crippen molar-refractivity contribution >= 4 is 29.7 Å². The Kier molecular flexibility index (Phi) is 11.5. The number of aliphatic carboxylic acids is 2. The molecule has 13 heteroatoms. The van der Waals surface area contributed by atoms with Gasteiger partial charge in [0.1, 0.15) is 18.1 Å². The van der Waals surface area contributed by atoms with Crippen molar-refractivity contribution in [2.45, 2.75) is 63.9 Å². The maximum atomic E-state index is 12.4. The summed E-state index contributed by atoms with van der Waals surface area (Å²) < 4.78 is 0. The third-order valence-corrected chi connectivity index (χ3v) is 3.93. The van der Waals surface area contributed by atoms with Crippen LogP contribution in [-0.4, -0.2) is 87.0 Å². The van der Waals surface area contributed by atoms with E-state index in [1.165, 1.54) is 0 Å². The van der Waals surface area contributed by atoms with E-state index >= 15 is 0 Å². The minimum atomic E-state index is -1.61. The lowest BCUT2D eigenvalue weighted by Crippen LogP contribution is -2.60. The molecule has 0 spiro atoms. The van der Waals surface area contributed by atoms with Crippen molar-refractivity contribution in [3.8, 4) is 0 Å². The van der Waals surface area contributed by atoms with Crippen LogP contribution in [0.4, 0.5) is 0 Å². The number of hydrogen-bond acceptors (Lipinski definition) is 8. The topological polar surface area (TPSA) is 228 Å². The van der Waals surface area contributed by atoms with Gasteiger partial charge in [-0.25, -0.2) is 4.79 Å². The molecule has 0 aromatic rings. The molecule has 0 radical (unpaired) electrons. The Morgan fingerprint density at radius 3 is 1.80 bits per heavy atom. The molecule has 0 fully saturated rings. The van der Waals surface area contributed by atoms with Crippen molar-refractivity contribution < 1.29 is 44.4 Å². The van der Waals surface area contributed by atoms with Crippen molar-refractivity contribution in [3.05, 3.63) is 0 Å². The van der Waals surface area contributed by atoms with E-state index in [2.05, 4.69) is 16.0 Å². The van der Waals surface area contributed by atoms with Crippen molar-refractivity contribution in [2.24, 2.45) is 11.7 Å². The number of nitrogens with one attached hydrogen (secondary N) is 3. The Morgan fingerprint density at radius 2 is 1.40 bits per heavy atom. The number of hydrogen-bond donors (Lipinski definition) is 8. The standard InChI is InChI=1S/C17H30N4O9/c1-7(2)4-10(17(29)30)19-15(27)11(6-22)20-16(28)13(8(3)23)21-14(26)9(18)5-12(24)25/h7-11,13,22-23H,4-6,18H2,1-3H3,(H,19,27)(H,20,28)(H,21,26)(H,24,25)(H,29,30). The van der Waals surface area contributed by atoms with Gasteiger partial charge in [-0.05, 0) is 19.3 Å². The largest absolute Gasteiger partial charge is 0.481 e. The number of carboxylic acid groups (broad SMARTS) is 2. The maximum Gasteiger partial charge on any atom is 0.326 e. The molecule has 9 N–H and O–H groups in total. The van der Waals surface area contributed by atoms with Gasteiger partial charge in [-0.1, -0.05) is 13.8 Å². The third-order valence-electron chi connectivity index (χ3n) is 3.93. The summed E-state index contributed by atoms with van der Waals surface area (Å²) in [6.45, 7) is 3.77. The van der Waals surface area contributed by atoms with Crippen LogP contribution in [-0.2, 0) is 24.0 Å². The maximum absolute atomic E-state index is 12.4. The highest BCUT2D eigenvalue weighted by atomic mass is 16.4. The summed E-state index contributed by atoms with van der Waals surface area (Å²) >= 11 is 0. The minimum Gasteiger partial charge on any atom is -0.481 e. The van der Waals surface area contributed by atoms with Gasteiger partial charge in [-0.3, -0.25) is 19.2 Å². The summed E-state index contributed by atoms with van der Waals surface area (Å²) in [5, 5.41) is 43.4. The Labute approximate surface area is 173 Å². The molecule has 0 saturated carbocycles. The lowest BCUT2D eigenvalue weighted by molar-refractivity contribution is -0.143. The average Bonchev–Trinajstić information content (AvgIpc) is 2.61. The molecular weight excluding hydrogens is 404 g/mol. The van der Waals surface area contributed by atoms with Crippen LogP contribution in [0.2, 0.25) is 0 Å². The zero-order valence-electron chi connectivity index (χ0n) is 17.0. The van der Waals surface area contributed by atoms with Gasteiger partial charge in [0, 0.05) is 0 Å². The van der Waals surface area contributed by atoms with Crippen molar-refractivity contribution in [1.29, 1.82) is 0 Å². The fourth-order valence-electron chi connectivity index (χ4n) is 2.37. The van der Waals surface area contributed by atoms with Gasteiger partial charge < -0.3 is 42.1 Å². The predicted molar refractivity (Wildman–Crippen MR) is 102 cm³/mol. The molecule has 0 bridgehead atoms. The zero-order chi connectivity index (χ0) is 23.6. The normalized spacial score (nSPS) is 16.0. The van der Waals surface area contributed by atoms with Crippen molar-refractivity contribution in [3.63, 3.8) is 0 Å². The van der Waals surface area contributed by atoms with Crippen LogP contribution in [0.1, 0.15) is 33.6 Å². The highest BCUT2D eigenvalue weighted by Crippen LogP contribution is 2.05. The molecule has 0 aliphatic heterocycles. The molecule has 5 atom stereocenters. The van der Waals surface area contributed by atoms with E-state index in [0.29, 0.717) is 0 Å². The summed E-state index contributed by atoms with van der Waals surface area (Å²) in [4.78, 5) is 58.5. The van der Waals surface area contributed by atoms with Crippen LogP contribution in [0, 0.1) is 5.92 Å². The quantitative estimate of drug-likeness (QED) is 0.144. The highest BCUT2D eigenvalue weighted by molar-refractivity contribution is 5.95. The SMILES string of the molecule is CC(C)CC(NC(=O)C(CO)NC(=O)C(NC(=O)C(N)CC(=O)O)C(C)O)C(=O)O. The summed E-state index contributed by atoms with van der Waals surface area (Å²) in [7, 11) is 0. The first kappa shape index (κ1) is 27.2. The smallest absolute Gasteiger partial charge is 0.326 e. The van der Waals surface area contributed by atoms with Crippen LogP contribution in [0.15, 0.2) is 0 Å². The first-order valence-corrected chi connectivity index (χ1v) is 9.20. The number of carbonyl (C=O) groups is 5. The fourth-order valence-corrected chi connectivity index (χ4v) is 2.37. The summed E-state index contributed by atoms with van der Waals surface area (Å²) in [6.07, 6.45) is -2.06. The zero-order valence-corrected chi connectivity index (χ0v) is 17.0. The molecule has 0 aliphatic rings. The number of amides is 3. The number of carboxylic acids is 2. The molecule has 0 aromatic heterocycles. The number of carbonyl (C=O) groups excluding carboxylic acids is 3. The highest BCUT2D eigenvalue weighted by Gasteiger charge is 2.32. The lowest BCUT2D eigenvalue weighted by Gasteiger charge is -2.25. The monoisotopic (exact) mass is 434 g/mol. The predicted octanol–water partition coefficient (Wildman–Crippen LogP) is -3.25. The first-order chi connectivity index (χ1) is 13.8. The van der Waals surface area contributed by atoms with E-state index in [9.17, 15) is 39.3 Å². The molecular formula is C17H30N4O9. The van der Waals surface area contributed by atoms with E-state index in [-0.39, 0.29) is 12.3 Å². The van der Waals surface area contributed by atoms with Crippen molar-refractivity contribution in [2.75, 3.05) is 6.61 Å². The molecule has 13 nitrogen and oxygen atoms in total. The molecule has 0 saturated heterocycles. The molecule has 3 amide bonds. The van der Waals surface area contributed by atoms with Gasteiger partial charge in [0.05, 0.1) is 25.2 Å². The van der Waals surface area contributed by atoms with Crippen molar-refractivity contribution in [1.82, 2.24) is 16.0 Å². The summed E-state index contributed by atoms with van der Waals surface area (Å²) in [6, 6.07) is -5.90. The molecule has 0 rings (SSSR count). The number of nitrogens with two attached hydrogens (primary N) is 1. The third kappa shape index (κ3) is 9.62. The molecule has 0 aromatic carbocycles. The number of aliphatic hydroxyl groups excluding tert-OH is 2. The Morgan fingerprint density at radius 1 is 0.867 bits per heavy atom. The van der Waals surface area contributed by atoms with E-state index in [1.807, 2.05) is 0 Å². The fraction of sp³-hybridized carbons (Fsp3) is 0.706. The molecule has 5 unspecified atom stereocenters. The van der Waals surface area contributed by atoms with E-state index < -0.39 is 73.0 Å². The second kappa shape index (κ2) is 12.7. The Balaban J connectivity index is 5.17. The average molecular weight is 434 g/mol. The second-order valence-corrected chi connectivity index (χ2v) is 7.20. The van der Waals surface area contributed by atoms with Crippen LogP contribution in [0.25, 0.3) is 0 Å². The van der Waals surface area contributed by atoms with Crippen LogP contribution >= 0.6 is 0 Å². The minimum absolute atomic E-state index is 0.0570. The van der Waals surface area contributed by atoms with Gasteiger partial charge in [-0.2, -0.15) is 0 Å². The Bertz CT molecular complexity index is 639. The van der Waals surface area contributed by atoms with Gasteiger partial charge in [0.25, 0.3) is 0 Å². The summed E-state index contributed by atoms with van der Waals surface area (Å²) in [5.74, 6) is -5.75. The van der Waals surface area contributed by atoms with Crippen LogP contribution < -0.4 is 21.7 Å². The lowest BCUT2D eigenvalue weighted by atomic mass is 10.0.